The Morgan fingerprint density at radius 1 is 1.42 bits per heavy atom. The zero-order valence-corrected chi connectivity index (χ0v) is 13.0. The molecule has 0 aromatic heterocycles. The van der Waals surface area contributed by atoms with Crippen LogP contribution in [-0.4, -0.2) is 23.0 Å². The van der Waals surface area contributed by atoms with Crippen molar-refractivity contribution in [3.63, 3.8) is 0 Å². The lowest BCUT2D eigenvalue weighted by Gasteiger charge is -2.17. The van der Waals surface area contributed by atoms with Crippen LogP contribution in [0.3, 0.4) is 0 Å². The number of amides is 1. The number of carboxylic acids is 1. The first kappa shape index (κ1) is 16.0. The van der Waals surface area contributed by atoms with E-state index in [2.05, 4.69) is 21.2 Å². The van der Waals surface area contributed by atoms with Crippen molar-refractivity contribution >= 4 is 39.4 Å². The molecule has 1 amide bonds. The van der Waals surface area contributed by atoms with Gasteiger partial charge in [-0.3, -0.25) is 4.79 Å². The number of carbonyl (C=O) groups excluding carboxylic acids is 1. The van der Waals surface area contributed by atoms with Gasteiger partial charge in [-0.15, -0.1) is 0 Å². The Balaban J connectivity index is 2.88. The molecule has 1 unspecified atom stereocenters. The summed E-state index contributed by atoms with van der Waals surface area (Å²) in [6.07, 6.45) is 0.368. The summed E-state index contributed by atoms with van der Waals surface area (Å²) in [5, 5.41) is 11.8. The largest absolute Gasteiger partial charge is 0.480 e. The summed E-state index contributed by atoms with van der Waals surface area (Å²) in [5.41, 5.74) is 0.256. The molecule has 19 heavy (non-hydrogen) atoms. The molecular weight excluding hydrogens is 334 g/mol. The highest BCUT2D eigenvalue weighted by Crippen LogP contribution is 2.26. The van der Waals surface area contributed by atoms with Crippen LogP contribution >= 0.6 is 27.5 Å². The van der Waals surface area contributed by atoms with Crippen molar-refractivity contribution in [3.8, 4) is 0 Å². The number of carbonyl (C=O) groups is 2. The molecule has 0 radical (unpaired) electrons. The lowest BCUT2D eigenvalue weighted by Crippen LogP contribution is -2.41. The van der Waals surface area contributed by atoms with Crippen LogP contribution in [0, 0.1) is 5.92 Å². The molecule has 4 nitrogen and oxygen atoms in total. The number of rotatable bonds is 5. The van der Waals surface area contributed by atoms with E-state index in [1.54, 1.807) is 18.2 Å². The fraction of sp³-hybridized carbons (Fsp3) is 0.385. The minimum atomic E-state index is -1.05. The average molecular weight is 349 g/mol. The molecule has 1 atom stereocenters. The van der Waals surface area contributed by atoms with Crippen LogP contribution in [0.1, 0.15) is 30.6 Å². The van der Waals surface area contributed by atoms with E-state index in [0.717, 1.165) is 0 Å². The van der Waals surface area contributed by atoms with Crippen molar-refractivity contribution in [1.82, 2.24) is 5.32 Å². The minimum absolute atomic E-state index is 0.166. The van der Waals surface area contributed by atoms with Crippen LogP contribution in [0.5, 0.6) is 0 Å². The molecular formula is C13H15BrClNO3. The maximum atomic E-state index is 12.0. The lowest BCUT2D eigenvalue weighted by molar-refractivity contribution is -0.139. The van der Waals surface area contributed by atoms with E-state index in [1.165, 1.54) is 0 Å². The average Bonchev–Trinajstić information content (AvgIpc) is 2.31. The second-order valence-electron chi connectivity index (χ2n) is 4.60. The van der Waals surface area contributed by atoms with Gasteiger partial charge in [0.05, 0.1) is 10.6 Å². The highest BCUT2D eigenvalue weighted by molar-refractivity contribution is 9.10. The molecule has 0 heterocycles. The van der Waals surface area contributed by atoms with Gasteiger partial charge >= 0.3 is 5.97 Å². The predicted octanol–water partition coefficient (Wildman–Crippen LogP) is 3.33. The van der Waals surface area contributed by atoms with Crippen LogP contribution in [-0.2, 0) is 4.79 Å². The van der Waals surface area contributed by atoms with Crippen molar-refractivity contribution in [3.05, 3.63) is 33.3 Å². The molecule has 0 saturated carbocycles. The monoisotopic (exact) mass is 347 g/mol. The SMILES string of the molecule is CC(C)CC(NC(=O)c1cccc(Br)c1Cl)C(=O)O. The van der Waals surface area contributed by atoms with Crippen LogP contribution in [0.4, 0.5) is 0 Å². The van der Waals surface area contributed by atoms with Gasteiger partial charge in [-0.1, -0.05) is 31.5 Å². The predicted molar refractivity (Wildman–Crippen MR) is 77.5 cm³/mol. The molecule has 1 aromatic carbocycles. The first-order chi connectivity index (χ1) is 8.82. The molecule has 0 bridgehead atoms. The third-order valence-electron chi connectivity index (χ3n) is 2.51. The summed E-state index contributed by atoms with van der Waals surface area (Å²) < 4.78 is 0.595. The Kier molecular flexibility index (Phi) is 5.82. The van der Waals surface area contributed by atoms with Crippen molar-refractivity contribution in [2.75, 3.05) is 0 Å². The van der Waals surface area contributed by atoms with Crippen LogP contribution < -0.4 is 5.32 Å². The standard InChI is InChI=1S/C13H15BrClNO3/c1-7(2)6-10(13(18)19)16-12(17)8-4-3-5-9(14)11(8)15/h3-5,7,10H,6H2,1-2H3,(H,16,17)(H,18,19). The van der Waals surface area contributed by atoms with Gasteiger partial charge in [-0.2, -0.15) is 0 Å². The summed E-state index contributed by atoms with van der Waals surface area (Å²) >= 11 is 9.22. The molecule has 1 rings (SSSR count). The fourth-order valence-electron chi connectivity index (χ4n) is 1.61. The second kappa shape index (κ2) is 6.91. The van der Waals surface area contributed by atoms with E-state index in [0.29, 0.717) is 10.9 Å². The summed E-state index contributed by atoms with van der Waals surface area (Å²) in [4.78, 5) is 23.1. The minimum Gasteiger partial charge on any atom is -0.480 e. The van der Waals surface area contributed by atoms with E-state index < -0.39 is 17.9 Å². The number of hydrogen-bond acceptors (Lipinski definition) is 2. The fourth-order valence-corrected chi connectivity index (χ4v) is 2.19. The zero-order valence-electron chi connectivity index (χ0n) is 10.6. The van der Waals surface area contributed by atoms with E-state index >= 15 is 0 Å². The van der Waals surface area contributed by atoms with Crippen LogP contribution in [0.15, 0.2) is 22.7 Å². The molecule has 0 saturated heterocycles. The molecule has 0 aliphatic heterocycles. The molecule has 0 spiro atoms. The number of aliphatic carboxylic acids is 1. The highest BCUT2D eigenvalue weighted by atomic mass is 79.9. The van der Waals surface area contributed by atoms with Gasteiger partial charge in [0, 0.05) is 4.47 Å². The number of benzene rings is 1. The summed E-state index contributed by atoms with van der Waals surface area (Å²) in [6.45, 7) is 3.79. The van der Waals surface area contributed by atoms with Gasteiger partial charge in [0.2, 0.25) is 0 Å². The Morgan fingerprint density at radius 2 is 2.05 bits per heavy atom. The number of hydrogen-bond donors (Lipinski definition) is 2. The molecule has 0 aliphatic carbocycles. The van der Waals surface area contributed by atoms with Crippen LogP contribution in [0.25, 0.3) is 0 Å². The quantitative estimate of drug-likeness (QED) is 0.857. The third-order valence-corrected chi connectivity index (χ3v) is 3.80. The second-order valence-corrected chi connectivity index (χ2v) is 5.83. The van der Waals surface area contributed by atoms with E-state index in [9.17, 15) is 9.59 Å². The van der Waals surface area contributed by atoms with Crippen molar-refractivity contribution in [2.24, 2.45) is 5.92 Å². The van der Waals surface area contributed by atoms with Gasteiger partial charge in [0.15, 0.2) is 0 Å². The van der Waals surface area contributed by atoms with Crippen molar-refractivity contribution in [1.29, 1.82) is 0 Å². The topological polar surface area (TPSA) is 66.4 Å². The highest BCUT2D eigenvalue weighted by Gasteiger charge is 2.23. The molecule has 0 aliphatic rings. The van der Waals surface area contributed by atoms with E-state index in [-0.39, 0.29) is 16.5 Å². The Morgan fingerprint density at radius 3 is 2.58 bits per heavy atom. The van der Waals surface area contributed by atoms with E-state index in [1.807, 2.05) is 13.8 Å². The van der Waals surface area contributed by atoms with Gasteiger partial charge in [-0.25, -0.2) is 4.79 Å². The summed E-state index contributed by atoms with van der Waals surface area (Å²) in [7, 11) is 0. The maximum absolute atomic E-state index is 12.0. The van der Waals surface area contributed by atoms with Crippen molar-refractivity contribution in [2.45, 2.75) is 26.3 Å². The molecule has 6 heteroatoms. The Hall–Kier alpha value is -1.07. The number of nitrogens with one attached hydrogen (secondary N) is 1. The van der Waals surface area contributed by atoms with Gasteiger partial charge in [-0.05, 0) is 40.4 Å². The number of halogens is 2. The molecule has 1 aromatic rings. The molecule has 2 N–H and O–H groups in total. The maximum Gasteiger partial charge on any atom is 0.326 e. The zero-order chi connectivity index (χ0) is 14.6. The summed E-state index contributed by atoms with van der Waals surface area (Å²) in [5.74, 6) is -1.37. The first-order valence-corrected chi connectivity index (χ1v) is 6.97. The van der Waals surface area contributed by atoms with Gasteiger partial charge in [0.25, 0.3) is 5.91 Å². The number of carboxylic acid groups (broad SMARTS) is 1. The van der Waals surface area contributed by atoms with Gasteiger partial charge in [0.1, 0.15) is 6.04 Å². The van der Waals surface area contributed by atoms with Crippen LogP contribution in [0.2, 0.25) is 5.02 Å². The third kappa shape index (κ3) is 4.51. The summed E-state index contributed by atoms with van der Waals surface area (Å²) in [6, 6.07) is 4.02. The normalized spacial score (nSPS) is 12.3. The molecule has 104 valence electrons. The Bertz CT molecular complexity index is 491. The van der Waals surface area contributed by atoms with Gasteiger partial charge < -0.3 is 10.4 Å². The molecule has 0 fully saturated rings. The van der Waals surface area contributed by atoms with Crippen molar-refractivity contribution < 1.29 is 14.7 Å². The van der Waals surface area contributed by atoms with E-state index in [4.69, 9.17) is 16.7 Å². The Labute approximate surface area is 125 Å². The smallest absolute Gasteiger partial charge is 0.326 e. The first-order valence-electron chi connectivity index (χ1n) is 5.80. The lowest BCUT2D eigenvalue weighted by atomic mass is 10.0.